The maximum absolute atomic E-state index is 12.2. The number of nitrogens with zero attached hydrogens (tertiary/aromatic N) is 1. The second kappa shape index (κ2) is 6.89. The SMILES string of the molecule is CCS(=O)(=O)N1CCC[C@H](C(=O)Oc2ccc(Br)cc2)C1. The second-order valence-corrected chi connectivity index (χ2v) is 8.15. The minimum atomic E-state index is -3.25. The van der Waals surface area contributed by atoms with Crippen molar-refractivity contribution in [2.24, 2.45) is 5.92 Å². The fourth-order valence-corrected chi connectivity index (χ4v) is 3.72. The van der Waals surface area contributed by atoms with E-state index in [0.29, 0.717) is 25.1 Å². The number of halogens is 1. The number of piperidine rings is 1. The number of hydrogen-bond acceptors (Lipinski definition) is 4. The fourth-order valence-electron chi connectivity index (χ4n) is 2.27. The lowest BCUT2D eigenvalue weighted by molar-refractivity contribution is -0.140. The summed E-state index contributed by atoms with van der Waals surface area (Å²) in [5.74, 6) is -0.239. The Balaban J connectivity index is 2.01. The number of ether oxygens (including phenoxy) is 1. The van der Waals surface area contributed by atoms with Crippen molar-refractivity contribution in [3.05, 3.63) is 28.7 Å². The van der Waals surface area contributed by atoms with Crippen molar-refractivity contribution in [1.82, 2.24) is 4.31 Å². The molecule has 0 radical (unpaired) electrons. The third kappa shape index (κ3) is 4.28. The Bertz CT molecular complexity index is 600. The van der Waals surface area contributed by atoms with Crippen molar-refractivity contribution >= 4 is 31.9 Å². The van der Waals surface area contributed by atoms with Crippen LogP contribution in [-0.4, -0.2) is 37.5 Å². The molecular formula is C14H18BrNO4S. The Kier molecular flexibility index (Phi) is 5.40. The average molecular weight is 376 g/mol. The highest BCUT2D eigenvalue weighted by Crippen LogP contribution is 2.23. The van der Waals surface area contributed by atoms with E-state index in [1.807, 2.05) is 0 Å². The Morgan fingerprint density at radius 2 is 2.05 bits per heavy atom. The van der Waals surface area contributed by atoms with Crippen LogP contribution < -0.4 is 4.74 Å². The quantitative estimate of drug-likeness (QED) is 0.598. The van der Waals surface area contributed by atoms with Crippen LogP contribution in [0.2, 0.25) is 0 Å². The van der Waals surface area contributed by atoms with Crippen molar-refractivity contribution in [1.29, 1.82) is 0 Å². The van der Waals surface area contributed by atoms with E-state index in [1.165, 1.54) is 4.31 Å². The van der Waals surface area contributed by atoms with Gasteiger partial charge in [0.1, 0.15) is 5.75 Å². The van der Waals surface area contributed by atoms with E-state index in [1.54, 1.807) is 31.2 Å². The molecule has 0 saturated carbocycles. The van der Waals surface area contributed by atoms with Crippen LogP contribution in [0.15, 0.2) is 28.7 Å². The topological polar surface area (TPSA) is 63.7 Å². The number of benzene rings is 1. The summed E-state index contributed by atoms with van der Waals surface area (Å²) in [5.41, 5.74) is 0. The Labute approximate surface area is 133 Å². The normalized spacial score (nSPS) is 20.2. The first kappa shape index (κ1) is 16.5. The molecule has 116 valence electrons. The van der Waals surface area contributed by atoms with Crippen molar-refractivity contribution in [2.75, 3.05) is 18.8 Å². The van der Waals surface area contributed by atoms with E-state index >= 15 is 0 Å². The summed E-state index contributed by atoms with van der Waals surface area (Å²) in [6.45, 7) is 2.31. The first-order chi connectivity index (χ1) is 9.92. The van der Waals surface area contributed by atoms with Gasteiger partial charge in [-0.05, 0) is 44.0 Å². The van der Waals surface area contributed by atoms with E-state index in [-0.39, 0.29) is 18.3 Å². The van der Waals surface area contributed by atoms with Crippen LogP contribution in [0.25, 0.3) is 0 Å². The zero-order chi connectivity index (χ0) is 15.5. The second-order valence-electron chi connectivity index (χ2n) is 4.97. The van der Waals surface area contributed by atoms with Gasteiger partial charge < -0.3 is 4.74 Å². The Morgan fingerprint density at radius 3 is 2.67 bits per heavy atom. The molecule has 1 atom stereocenters. The summed E-state index contributed by atoms with van der Waals surface area (Å²) >= 11 is 3.31. The zero-order valence-electron chi connectivity index (χ0n) is 11.8. The molecule has 7 heteroatoms. The summed E-state index contributed by atoms with van der Waals surface area (Å²) in [6.07, 6.45) is 1.34. The van der Waals surface area contributed by atoms with Gasteiger partial charge in [0.25, 0.3) is 0 Å². The predicted octanol–water partition coefficient (Wildman–Crippen LogP) is 2.42. The number of carbonyl (C=O) groups is 1. The molecule has 5 nitrogen and oxygen atoms in total. The molecule has 1 aliphatic heterocycles. The van der Waals surface area contributed by atoms with E-state index in [9.17, 15) is 13.2 Å². The summed E-state index contributed by atoms with van der Waals surface area (Å²) in [4.78, 5) is 12.2. The third-order valence-electron chi connectivity index (χ3n) is 3.51. The van der Waals surface area contributed by atoms with Gasteiger partial charge in [-0.15, -0.1) is 0 Å². The first-order valence-electron chi connectivity index (χ1n) is 6.87. The predicted molar refractivity (Wildman–Crippen MR) is 83.5 cm³/mol. The van der Waals surface area contributed by atoms with Crippen LogP contribution in [0, 0.1) is 5.92 Å². The van der Waals surface area contributed by atoms with Crippen LogP contribution >= 0.6 is 15.9 Å². The molecule has 1 saturated heterocycles. The lowest BCUT2D eigenvalue weighted by atomic mass is 10.00. The van der Waals surface area contributed by atoms with Gasteiger partial charge in [0.2, 0.25) is 10.0 Å². The summed E-state index contributed by atoms with van der Waals surface area (Å²) < 4.78 is 31.4. The first-order valence-corrected chi connectivity index (χ1v) is 9.27. The molecule has 0 spiro atoms. The molecule has 0 unspecified atom stereocenters. The minimum absolute atomic E-state index is 0.0570. The molecule has 1 aromatic rings. The molecule has 0 bridgehead atoms. The molecule has 21 heavy (non-hydrogen) atoms. The maximum atomic E-state index is 12.2. The van der Waals surface area contributed by atoms with Gasteiger partial charge in [-0.1, -0.05) is 15.9 Å². The van der Waals surface area contributed by atoms with E-state index in [0.717, 1.165) is 4.47 Å². The van der Waals surface area contributed by atoms with E-state index in [4.69, 9.17) is 4.74 Å². The smallest absolute Gasteiger partial charge is 0.315 e. The largest absolute Gasteiger partial charge is 0.426 e. The van der Waals surface area contributed by atoms with Crippen molar-refractivity contribution in [3.8, 4) is 5.75 Å². The number of carbonyl (C=O) groups excluding carboxylic acids is 1. The molecule has 0 N–H and O–H groups in total. The lowest BCUT2D eigenvalue weighted by Gasteiger charge is -2.30. The van der Waals surface area contributed by atoms with Crippen LogP contribution in [-0.2, 0) is 14.8 Å². The van der Waals surface area contributed by atoms with Gasteiger partial charge in [0, 0.05) is 17.6 Å². The third-order valence-corrected chi connectivity index (χ3v) is 5.88. The Morgan fingerprint density at radius 1 is 1.38 bits per heavy atom. The molecule has 1 aromatic carbocycles. The van der Waals surface area contributed by atoms with Crippen molar-refractivity contribution in [2.45, 2.75) is 19.8 Å². The number of sulfonamides is 1. The molecule has 0 amide bonds. The van der Waals surface area contributed by atoms with Crippen molar-refractivity contribution < 1.29 is 17.9 Å². The molecule has 0 aliphatic carbocycles. The molecule has 2 rings (SSSR count). The molecule has 1 aliphatic rings. The molecular weight excluding hydrogens is 358 g/mol. The average Bonchev–Trinajstić information content (AvgIpc) is 2.49. The van der Waals surface area contributed by atoms with Crippen LogP contribution in [0.5, 0.6) is 5.75 Å². The van der Waals surface area contributed by atoms with Crippen LogP contribution in [0.3, 0.4) is 0 Å². The highest BCUT2D eigenvalue weighted by atomic mass is 79.9. The van der Waals surface area contributed by atoms with Crippen LogP contribution in [0.4, 0.5) is 0 Å². The lowest BCUT2D eigenvalue weighted by Crippen LogP contribution is -2.43. The summed E-state index contributed by atoms with van der Waals surface area (Å²) in [6, 6.07) is 6.98. The van der Waals surface area contributed by atoms with Gasteiger partial charge >= 0.3 is 5.97 Å². The zero-order valence-corrected chi connectivity index (χ0v) is 14.2. The molecule has 0 aromatic heterocycles. The highest BCUT2D eigenvalue weighted by Gasteiger charge is 2.32. The molecule has 1 heterocycles. The van der Waals surface area contributed by atoms with Gasteiger partial charge in [-0.3, -0.25) is 4.79 Å². The van der Waals surface area contributed by atoms with Crippen LogP contribution in [0.1, 0.15) is 19.8 Å². The maximum Gasteiger partial charge on any atom is 0.315 e. The summed E-state index contributed by atoms with van der Waals surface area (Å²) in [7, 11) is -3.25. The van der Waals surface area contributed by atoms with Gasteiger partial charge in [-0.25, -0.2) is 12.7 Å². The number of esters is 1. The van der Waals surface area contributed by atoms with Gasteiger partial charge in [0.05, 0.1) is 11.7 Å². The molecule has 1 fully saturated rings. The number of hydrogen-bond donors (Lipinski definition) is 0. The van der Waals surface area contributed by atoms with Gasteiger partial charge in [0.15, 0.2) is 0 Å². The minimum Gasteiger partial charge on any atom is -0.426 e. The van der Waals surface area contributed by atoms with Gasteiger partial charge in [-0.2, -0.15) is 0 Å². The number of rotatable bonds is 4. The van der Waals surface area contributed by atoms with E-state index in [2.05, 4.69) is 15.9 Å². The Hall–Kier alpha value is -0.920. The van der Waals surface area contributed by atoms with Crippen molar-refractivity contribution in [3.63, 3.8) is 0 Å². The summed E-state index contributed by atoms with van der Waals surface area (Å²) in [5, 5.41) is 0. The van der Waals surface area contributed by atoms with E-state index < -0.39 is 15.9 Å². The highest BCUT2D eigenvalue weighted by molar-refractivity contribution is 9.10. The fraction of sp³-hybridized carbons (Fsp3) is 0.500. The monoisotopic (exact) mass is 375 g/mol. The standard InChI is InChI=1S/C14H18BrNO4S/c1-2-21(18,19)16-9-3-4-11(10-16)14(17)20-13-7-5-12(15)6-8-13/h5-8,11H,2-4,9-10H2,1H3/t11-/m0/s1.